The Morgan fingerprint density at radius 3 is 2.50 bits per heavy atom. The molecule has 0 aromatic carbocycles. The monoisotopic (exact) mass is 210 g/mol. The van der Waals surface area contributed by atoms with E-state index in [-0.39, 0.29) is 6.02 Å². The number of halogens is 3. The zero-order valence-electron chi connectivity index (χ0n) is 7.63. The van der Waals surface area contributed by atoms with Crippen molar-refractivity contribution < 1.29 is 22.7 Å². The van der Waals surface area contributed by atoms with Crippen LogP contribution < -0.4 is 0 Å². The van der Waals surface area contributed by atoms with Crippen molar-refractivity contribution in [3.63, 3.8) is 0 Å². The summed E-state index contributed by atoms with van der Waals surface area (Å²) in [6, 6.07) is -2.29. The first-order chi connectivity index (χ1) is 6.30. The number of nitrogens with zero attached hydrogens (tertiary/aromatic N) is 2. The molecule has 0 fully saturated rings. The zero-order chi connectivity index (χ0) is 10.9. The molecule has 0 saturated carbocycles. The van der Waals surface area contributed by atoms with Crippen molar-refractivity contribution in [2.75, 3.05) is 14.1 Å². The molecule has 7 heteroatoms. The molecule has 0 bridgehead atoms. The molecule has 0 N–H and O–H groups in total. The van der Waals surface area contributed by atoms with Crippen LogP contribution in [-0.2, 0) is 9.53 Å². The lowest BCUT2D eigenvalue weighted by molar-refractivity contribution is -0.164. The van der Waals surface area contributed by atoms with Crippen molar-refractivity contribution in [2.24, 2.45) is 4.99 Å². The molecule has 0 saturated heterocycles. The largest absolute Gasteiger partial charge is 0.411 e. The van der Waals surface area contributed by atoms with E-state index >= 15 is 0 Å². The minimum Gasteiger partial charge on any atom is -0.393 e. The van der Waals surface area contributed by atoms with E-state index in [1.54, 1.807) is 0 Å². The first-order valence-electron chi connectivity index (χ1n) is 3.83. The Labute approximate surface area is 78.3 Å². The molecule has 14 heavy (non-hydrogen) atoms. The summed E-state index contributed by atoms with van der Waals surface area (Å²) >= 11 is 0. The number of hydrogen-bond acceptors (Lipinski definition) is 4. The normalized spacial score (nSPS) is 22.8. The van der Waals surface area contributed by atoms with Crippen molar-refractivity contribution in [2.45, 2.75) is 18.6 Å². The fourth-order valence-electron chi connectivity index (χ4n) is 0.902. The summed E-state index contributed by atoms with van der Waals surface area (Å²) in [4.78, 5) is 15.3. The first kappa shape index (κ1) is 10.8. The summed E-state index contributed by atoms with van der Waals surface area (Å²) in [6.07, 6.45) is -5.25. The molecular weight excluding hydrogens is 201 g/mol. The summed E-state index contributed by atoms with van der Waals surface area (Å²) in [6.45, 7) is 0. The average molecular weight is 210 g/mol. The molecule has 1 rings (SSSR count). The molecule has 1 unspecified atom stereocenters. The van der Waals surface area contributed by atoms with E-state index in [0.717, 1.165) is 0 Å². The third-order valence-corrected chi connectivity index (χ3v) is 1.59. The Balaban J connectivity index is 2.89. The predicted molar refractivity (Wildman–Crippen MR) is 41.7 cm³/mol. The second-order valence-electron chi connectivity index (χ2n) is 3.04. The highest BCUT2D eigenvalue weighted by molar-refractivity contribution is 5.89. The molecule has 1 aliphatic rings. The SMILES string of the molecule is CN(C)C1=NC(C(F)(F)F)CC(=O)O1. The number of ether oxygens (including phenoxy) is 1. The smallest absolute Gasteiger partial charge is 0.393 e. The lowest BCUT2D eigenvalue weighted by Crippen LogP contribution is -2.40. The minimum absolute atomic E-state index is 0.302. The zero-order valence-corrected chi connectivity index (χ0v) is 7.63. The van der Waals surface area contributed by atoms with Crippen LogP contribution >= 0.6 is 0 Å². The molecule has 0 aliphatic carbocycles. The second-order valence-corrected chi connectivity index (χ2v) is 3.04. The van der Waals surface area contributed by atoms with Gasteiger partial charge in [-0.1, -0.05) is 0 Å². The van der Waals surface area contributed by atoms with Gasteiger partial charge >= 0.3 is 12.1 Å². The van der Waals surface area contributed by atoms with Gasteiger partial charge in [-0.25, -0.2) is 4.99 Å². The maximum atomic E-state index is 12.2. The molecule has 1 atom stereocenters. The molecule has 0 aromatic rings. The van der Waals surface area contributed by atoms with E-state index in [9.17, 15) is 18.0 Å². The molecule has 0 spiro atoms. The summed E-state index contributed by atoms with van der Waals surface area (Å²) in [7, 11) is 2.90. The highest BCUT2D eigenvalue weighted by Crippen LogP contribution is 2.28. The maximum absolute atomic E-state index is 12.2. The van der Waals surface area contributed by atoms with Crippen molar-refractivity contribution in [1.29, 1.82) is 0 Å². The number of alkyl halides is 3. The predicted octanol–water partition coefficient (Wildman–Crippen LogP) is 0.782. The van der Waals surface area contributed by atoms with E-state index < -0.39 is 24.6 Å². The van der Waals surface area contributed by atoms with Gasteiger partial charge in [0.2, 0.25) is 0 Å². The van der Waals surface area contributed by atoms with Crippen LogP contribution in [0.3, 0.4) is 0 Å². The van der Waals surface area contributed by atoms with Gasteiger partial charge < -0.3 is 9.64 Å². The summed E-state index contributed by atoms with van der Waals surface area (Å²) in [5, 5.41) is 0. The Bertz CT molecular complexity index is 273. The van der Waals surface area contributed by atoms with Crippen LogP contribution in [0.25, 0.3) is 0 Å². The van der Waals surface area contributed by atoms with Crippen LogP contribution in [0.5, 0.6) is 0 Å². The van der Waals surface area contributed by atoms with E-state index in [1.807, 2.05) is 0 Å². The number of carbonyl (C=O) groups excluding carboxylic acids is 1. The van der Waals surface area contributed by atoms with Gasteiger partial charge in [0.15, 0.2) is 6.04 Å². The van der Waals surface area contributed by atoms with Crippen LogP contribution in [0.1, 0.15) is 6.42 Å². The summed E-state index contributed by atoms with van der Waals surface area (Å²) < 4.78 is 41.2. The Hall–Kier alpha value is -1.27. The molecule has 1 heterocycles. The molecule has 80 valence electrons. The third kappa shape index (κ3) is 2.36. The fourth-order valence-corrected chi connectivity index (χ4v) is 0.902. The molecule has 0 radical (unpaired) electrons. The lowest BCUT2D eigenvalue weighted by atomic mass is 10.2. The molecule has 1 aliphatic heterocycles. The molecule has 4 nitrogen and oxygen atoms in total. The van der Waals surface area contributed by atoms with E-state index in [0.29, 0.717) is 0 Å². The molecule has 0 amide bonds. The second kappa shape index (κ2) is 3.47. The van der Waals surface area contributed by atoms with E-state index in [2.05, 4.69) is 9.73 Å². The van der Waals surface area contributed by atoms with E-state index in [1.165, 1.54) is 19.0 Å². The number of carbonyl (C=O) groups is 1. The Morgan fingerprint density at radius 2 is 2.07 bits per heavy atom. The maximum Gasteiger partial charge on any atom is 0.411 e. The lowest BCUT2D eigenvalue weighted by Gasteiger charge is -2.24. The molecular formula is C7H9F3N2O2. The van der Waals surface area contributed by atoms with Gasteiger partial charge in [0, 0.05) is 14.1 Å². The highest BCUT2D eigenvalue weighted by atomic mass is 19.4. The van der Waals surface area contributed by atoms with Crippen LogP contribution in [0.15, 0.2) is 4.99 Å². The third-order valence-electron chi connectivity index (χ3n) is 1.59. The van der Waals surface area contributed by atoms with Crippen LogP contribution in [0, 0.1) is 0 Å². The Kier molecular flexibility index (Phi) is 2.68. The number of amidine groups is 1. The van der Waals surface area contributed by atoms with Crippen molar-refractivity contribution in [3.05, 3.63) is 0 Å². The number of hydrogen-bond donors (Lipinski definition) is 0. The quantitative estimate of drug-likeness (QED) is 0.555. The summed E-state index contributed by atoms with van der Waals surface area (Å²) in [5.41, 5.74) is 0. The number of cyclic esters (lactones) is 1. The summed E-state index contributed by atoms with van der Waals surface area (Å²) in [5.74, 6) is -0.911. The van der Waals surface area contributed by atoms with Gasteiger partial charge in [0.25, 0.3) is 6.02 Å². The van der Waals surface area contributed by atoms with Gasteiger partial charge in [0.05, 0.1) is 6.42 Å². The van der Waals surface area contributed by atoms with Gasteiger partial charge in [-0.2, -0.15) is 13.2 Å². The first-order valence-corrected chi connectivity index (χ1v) is 3.83. The highest BCUT2D eigenvalue weighted by Gasteiger charge is 2.44. The van der Waals surface area contributed by atoms with E-state index in [4.69, 9.17) is 0 Å². The van der Waals surface area contributed by atoms with Gasteiger partial charge in [-0.05, 0) is 0 Å². The Morgan fingerprint density at radius 1 is 1.50 bits per heavy atom. The van der Waals surface area contributed by atoms with Crippen LogP contribution in [-0.4, -0.2) is 43.2 Å². The number of rotatable bonds is 0. The van der Waals surface area contributed by atoms with Crippen LogP contribution in [0.2, 0.25) is 0 Å². The number of esters is 1. The topological polar surface area (TPSA) is 41.9 Å². The van der Waals surface area contributed by atoms with Crippen molar-refractivity contribution >= 4 is 12.0 Å². The fraction of sp³-hybridized carbons (Fsp3) is 0.714. The number of aliphatic imine (C=N–C) groups is 1. The average Bonchev–Trinajstić information content (AvgIpc) is 2.01. The molecule has 0 aromatic heterocycles. The van der Waals surface area contributed by atoms with Gasteiger partial charge in [-0.15, -0.1) is 0 Å². The van der Waals surface area contributed by atoms with Crippen molar-refractivity contribution in [1.82, 2.24) is 4.90 Å². The van der Waals surface area contributed by atoms with Gasteiger partial charge in [0.1, 0.15) is 0 Å². The minimum atomic E-state index is -4.50. The van der Waals surface area contributed by atoms with Crippen LogP contribution in [0.4, 0.5) is 13.2 Å². The standard InChI is InChI=1S/C7H9F3N2O2/c1-12(2)6-11-4(7(8,9)10)3-5(13)14-6/h4H,3H2,1-2H3. The van der Waals surface area contributed by atoms with Gasteiger partial charge in [-0.3, -0.25) is 4.79 Å². The van der Waals surface area contributed by atoms with Crippen molar-refractivity contribution in [3.8, 4) is 0 Å².